The smallest absolute Gasteiger partial charge is 0.326 e. The van der Waals surface area contributed by atoms with Gasteiger partial charge >= 0.3 is 5.97 Å². The van der Waals surface area contributed by atoms with Crippen LogP contribution < -0.4 is 5.32 Å². The molecule has 0 aliphatic rings. The molecule has 6 heteroatoms. The largest absolute Gasteiger partial charge is 0.468 e. The molecule has 1 rings (SSSR count). The maximum Gasteiger partial charge on any atom is 0.326 e. The minimum absolute atomic E-state index is 0.281. The molecule has 1 aromatic rings. The highest BCUT2D eigenvalue weighted by Gasteiger charge is 2.34. The Kier molecular flexibility index (Phi) is 5.22. The molecule has 5 nitrogen and oxygen atoms in total. The lowest BCUT2D eigenvalue weighted by Gasteiger charge is -2.26. The van der Waals surface area contributed by atoms with Gasteiger partial charge in [-0.05, 0) is 27.3 Å². The second-order valence-electron chi connectivity index (χ2n) is 4.26. The summed E-state index contributed by atoms with van der Waals surface area (Å²) in [5.41, 5.74) is 0.144. The van der Waals surface area contributed by atoms with Crippen molar-refractivity contribution in [3.63, 3.8) is 0 Å². The van der Waals surface area contributed by atoms with E-state index in [0.717, 1.165) is 11.5 Å². The van der Waals surface area contributed by atoms with Crippen LogP contribution in [0.15, 0.2) is 9.64 Å². The topological polar surface area (TPSA) is 64.4 Å². The summed E-state index contributed by atoms with van der Waals surface area (Å²) >= 11 is 1.40. The average molecular weight is 272 g/mol. The summed E-state index contributed by atoms with van der Waals surface area (Å²) in [4.78, 5) is 16.0. The SMILES string of the molecule is CCNC(C)(CSc1nc(C)c(C)o1)C(=O)OC. The Morgan fingerprint density at radius 2 is 2.22 bits per heavy atom. The van der Waals surface area contributed by atoms with Crippen molar-refractivity contribution in [1.29, 1.82) is 0 Å². The maximum atomic E-state index is 11.8. The lowest BCUT2D eigenvalue weighted by atomic mass is 10.1. The highest BCUT2D eigenvalue weighted by atomic mass is 32.2. The lowest BCUT2D eigenvalue weighted by Crippen LogP contribution is -2.52. The molecule has 1 aromatic heterocycles. The van der Waals surface area contributed by atoms with E-state index < -0.39 is 5.54 Å². The van der Waals surface area contributed by atoms with E-state index in [1.165, 1.54) is 18.9 Å². The summed E-state index contributed by atoms with van der Waals surface area (Å²) < 4.78 is 10.3. The molecule has 0 aliphatic heterocycles. The van der Waals surface area contributed by atoms with Crippen molar-refractivity contribution in [2.24, 2.45) is 0 Å². The number of nitrogens with one attached hydrogen (secondary N) is 1. The van der Waals surface area contributed by atoms with Gasteiger partial charge in [-0.1, -0.05) is 18.7 Å². The number of ether oxygens (including phenoxy) is 1. The van der Waals surface area contributed by atoms with Crippen molar-refractivity contribution in [2.75, 3.05) is 19.4 Å². The molecule has 0 amide bonds. The second kappa shape index (κ2) is 6.24. The maximum absolute atomic E-state index is 11.8. The molecule has 0 aliphatic carbocycles. The van der Waals surface area contributed by atoms with Crippen LogP contribution in [0.1, 0.15) is 25.3 Å². The van der Waals surface area contributed by atoms with Crippen molar-refractivity contribution in [3.8, 4) is 0 Å². The van der Waals surface area contributed by atoms with E-state index in [9.17, 15) is 4.79 Å². The Balaban J connectivity index is 2.70. The Morgan fingerprint density at radius 3 is 2.67 bits per heavy atom. The van der Waals surface area contributed by atoms with E-state index >= 15 is 0 Å². The van der Waals surface area contributed by atoms with Gasteiger partial charge in [-0.2, -0.15) is 0 Å². The summed E-state index contributed by atoms with van der Waals surface area (Å²) in [5, 5.41) is 3.72. The third-order valence-electron chi connectivity index (χ3n) is 2.70. The summed E-state index contributed by atoms with van der Waals surface area (Å²) in [6.07, 6.45) is 0. The van der Waals surface area contributed by atoms with Gasteiger partial charge < -0.3 is 14.5 Å². The number of oxazole rings is 1. The minimum Gasteiger partial charge on any atom is -0.468 e. The first-order valence-electron chi connectivity index (χ1n) is 5.83. The molecule has 0 radical (unpaired) electrons. The fourth-order valence-electron chi connectivity index (χ4n) is 1.51. The first-order valence-corrected chi connectivity index (χ1v) is 6.81. The Morgan fingerprint density at radius 1 is 1.56 bits per heavy atom. The zero-order valence-electron chi connectivity index (χ0n) is 11.5. The van der Waals surface area contributed by atoms with Crippen LogP contribution in [0.2, 0.25) is 0 Å². The van der Waals surface area contributed by atoms with E-state index in [1.807, 2.05) is 27.7 Å². The van der Waals surface area contributed by atoms with E-state index in [2.05, 4.69) is 10.3 Å². The monoisotopic (exact) mass is 272 g/mol. The predicted molar refractivity (Wildman–Crippen MR) is 70.8 cm³/mol. The molecule has 1 N–H and O–H groups in total. The zero-order chi connectivity index (χ0) is 13.8. The number of aryl methyl sites for hydroxylation is 2. The number of methoxy groups -OCH3 is 1. The summed E-state index contributed by atoms with van der Waals surface area (Å²) in [6.45, 7) is 8.22. The number of carbonyl (C=O) groups excluding carboxylic acids is 1. The van der Waals surface area contributed by atoms with Crippen LogP contribution in [0, 0.1) is 13.8 Å². The first kappa shape index (κ1) is 15.0. The zero-order valence-corrected chi connectivity index (χ0v) is 12.3. The molecule has 0 saturated carbocycles. The molecular formula is C12H20N2O3S. The summed E-state index contributed by atoms with van der Waals surface area (Å²) in [6, 6.07) is 0. The number of likely N-dealkylation sites (N-methyl/N-ethyl adjacent to an activating group) is 1. The molecule has 1 atom stereocenters. The number of hydrogen-bond donors (Lipinski definition) is 1. The summed E-state index contributed by atoms with van der Waals surface area (Å²) in [7, 11) is 1.39. The molecule has 0 spiro atoms. The highest BCUT2D eigenvalue weighted by molar-refractivity contribution is 7.99. The van der Waals surface area contributed by atoms with Crippen LogP contribution in [0.3, 0.4) is 0 Å². The number of carbonyl (C=O) groups is 1. The molecule has 1 heterocycles. The van der Waals surface area contributed by atoms with Crippen LogP contribution in [0.4, 0.5) is 0 Å². The fraction of sp³-hybridized carbons (Fsp3) is 0.667. The molecule has 102 valence electrons. The van der Waals surface area contributed by atoms with Gasteiger partial charge in [0.15, 0.2) is 0 Å². The van der Waals surface area contributed by atoms with Crippen molar-refractivity contribution >= 4 is 17.7 Å². The molecule has 1 unspecified atom stereocenters. The van der Waals surface area contributed by atoms with Crippen LogP contribution in [-0.2, 0) is 9.53 Å². The Labute approximate surface area is 112 Å². The number of esters is 1. The van der Waals surface area contributed by atoms with Crippen LogP contribution >= 0.6 is 11.8 Å². The predicted octanol–water partition coefficient (Wildman–Crippen LogP) is 1.92. The van der Waals surface area contributed by atoms with Gasteiger partial charge in [-0.15, -0.1) is 0 Å². The molecule has 0 fully saturated rings. The van der Waals surface area contributed by atoms with Crippen LogP contribution in [-0.4, -0.2) is 35.9 Å². The molecular weight excluding hydrogens is 252 g/mol. The molecule has 0 aromatic carbocycles. The normalized spacial score (nSPS) is 14.3. The number of aromatic nitrogens is 1. The van der Waals surface area contributed by atoms with Gasteiger partial charge in [0.05, 0.1) is 12.8 Å². The number of nitrogens with zero attached hydrogens (tertiary/aromatic N) is 1. The third-order valence-corrected chi connectivity index (χ3v) is 3.84. The fourth-order valence-corrected chi connectivity index (χ4v) is 2.53. The van der Waals surface area contributed by atoms with Crippen molar-refractivity contribution in [2.45, 2.75) is 38.5 Å². The second-order valence-corrected chi connectivity index (χ2v) is 5.19. The Hall–Kier alpha value is -1.01. The number of rotatable bonds is 6. The van der Waals surface area contributed by atoms with Crippen LogP contribution in [0.5, 0.6) is 0 Å². The van der Waals surface area contributed by atoms with Gasteiger partial charge in [0, 0.05) is 5.75 Å². The first-order chi connectivity index (χ1) is 8.42. The van der Waals surface area contributed by atoms with E-state index in [-0.39, 0.29) is 5.97 Å². The van der Waals surface area contributed by atoms with Gasteiger partial charge in [0.2, 0.25) is 0 Å². The van der Waals surface area contributed by atoms with Crippen molar-refractivity contribution in [1.82, 2.24) is 10.3 Å². The molecule has 18 heavy (non-hydrogen) atoms. The quantitative estimate of drug-likeness (QED) is 0.630. The average Bonchev–Trinajstić information content (AvgIpc) is 2.66. The highest BCUT2D eigenvalue weighted by Crippen LogP contribution is 2.24. The third kappa shape index (κ3) is 3.49. The van der Waals surface area contributed by atoms with E-state index in [0.29, 0.717) is 17.5 Å². The minimum atomic E-state index is -0.732. The summed E-state index contributed by atoms with van der Waals surface area (Å²) in [5.74, 6) is 1.03. The van der Waals surface area contributed by atoms with E-state index in [1.54, 1.807) is 0 Å². The molecule has 0 saturated heterocycles. The van der Waals surface area contributed by atoms with Gasteiger partial charge in [-0.25, -0.2) is 4.98 Å². The molecule has 0 bridgehead atoms. The Bertz CT molecular complexity index is 400. The van der Waals surface area contributed by atoms with Gasteiger partial charge in [0.25, 0.3) is 5.22 Å². The van der Waals surface area contributed by atoms with Crippen molar-refractivity contribution < 1.29 is 13.9 Å². The van der Waals surface area contributed by atoms with Gasteiger partial charge in [-0.3, -0.25) is 4.79 Å². The van der Waals surface area contributed by atoms with E-state index in [4.69, 9.17) is 9.15 Å². The van der Waals surface area contributed by atoms with Crippen LogP contribution in [0.25, 0.3) is 0 Å². The standard InChI is InChI=1S/C12H20N2O3S/c1-6-13-12(4,10(15)16-5)7-18-11-14-8(2)9(3)17-11/h13H,6-7H2,1-5H3. The number of hydrogen-bond acceptors (Lipinski definition) is 6. The van der Waals surface area contributed by atoms with Crippen molar-refractivity contribution in [3.05, 3.63) is 11.5 Å². The number of thioether (sulfide) groups is 1. The van der Waals surface area contributed by atoms with Gasteiger partial charge in [0.1, 0.15) is 11.3 Å². The lowest BCUT2D eigenvalue weighted by molar-refractivity contribution is -0.146.